The average Bonchev–Trinajstić information content (AvgIpc) is 3.05. The molecule has 5 heteroatoms. The second kappa shape index (κ2) is 6.13. The van der Waals surface area contributed by atoms with Gasteiger partial charge in [0, 0.05) is 12.2 Å². The molecule has 0 unspecified atom stereocenters. The molecule has 0 radical (unpaired) electrons. The van der Waals surface area contributed by atoms with Gasteiger partial charge in [0.25, 0.3) is 5.56 Å². The second-order valence-corrected chi connectivity index (χ2v) is 5.42. The lowest BCUT2D eigenvalue weighted by atomic mass is 10.2. The van der Waals surface area contributed by atoms with E-state index in [1.54, 1.807) is 23.1 Å². The number of carbonyl (C=O) groups is 1. The fraction of sp³-hybridized carbons (Fsp3) is 0.353. The minimum atomic E-state index is -0.171. The van der Waals surface area contributed by atoms with Gasteiger partial charge in [-0.05, 0) is 38.3 Å². The zero-order valence-corrected chi connectivity index (χ0v) is 12.7. The molecule has 0 atom stereocenters. The first-order chi connectivity index (χ1) is 10.7. The number of likely N-dealkylation sites (N-methyl/N-ethyl adjacent to an activating group) is 1. The van der Waals surface area contributed by atoms with Crippen LogP contribution < -0.4 is 5.56 Å². The molecule has 2 aromatic rings. The number of hydrogen-bond donors (Lipinski definition) is 0. The maximum absolute atomic E-state index is 12.5. The van der Waals surface area contributed by atoms with E-state index in [1.165, 1.54) is 10.9 Å². The van der Waals surface area contributed by atoms with Crippen LogP contribution in [0.1, 0.15) is 26.2 Å². The molecular formula is C17H19N3O2. The van der Waals surface area contributed by atoms with E-state index < -0.39 is 0 Å². The normalized spacial score (nSPS) is 14.1. The molecule has 0 aliphatic heterocycles. The number of hydrogen-bond acceptors (Lipinski definition) is 3. The predicted molar refractivity (Wildman–Crippen MR) is 85.3 cm³/mol. The summed E-state index contributed by atoms with van der Waals surface area (Å²) in [5.74, 6) is -0.0603. The highest BCUT2D eigenvalue weighted by Gasteiger charge is 2.19. The summed E-state index contributed by atoms with van der Waals surface area (Å²) >= 11 is 0. The van der Waals surface area contributed by atoms with Crippen molar-refractivity contribution >= 4 is 16.8 Å². The third kappa shape index (κ3) is 2.66. The van der Waals surface area contributed by atoms with Gasteiger partial charge in [0.05, 0.1) is 17.2 Å². The Labute approximate surface area is 128 Å². The zero-order chi connectivity index (χ0) is 15.5. The van der Waals surface area contributed by atoms with Gasteiger partial charge in [-0.2, -0.15) is 0 Å². The minimum absolute atomic E-state index is 0.0296. The van der Waals surface area contributed by atoms with E-state index in [-0.39, 0.29) is 18.0 Å². The van der Waals surface area contributed by atoms with Crippen molar-refractivity contribution in [3.8, 4) is 0 Å². The lowest BCUT2D eigenvalue weighted by Gasteiger charge is -2.22. The number of fused-ring (bicyclic) bond motifs is 1. The standard InChI is InChI=1S/C17H19N3O2/c1-2-20(13-7-3-4-8-13)16(21)11-19-12-18-15-10-6-5-9-14(15)17(19)22/h5-7,9-10,12H,2-4,8,11H2,1H3. The molecule has 0 N–H and O–H groups in total. The molecule has 1 heterocycles. The van der Waals surface area contributed by atoms with Crippen LogP contribution in [0.3, 0.4) is 0 Å². The topological polar surface area (TPSA) is 55.2 Å². The Kier molecular flexibility index (Phi) is 4.04. The summed E-state index contributed by atoms with van der Waals surface area (Å²) in [6, 6.07) is 7.18. The number of rotatable bonds is 4. The molecule has 0 bridgehead atoms. The van der Waals surface area contributed by atoms with E-state index >= 15 is 0 Å². The molecule has 1 amide bonds. The van der Waals surface area contributed by atoms with E-state index in [0.29, 0.717) is 17.4 Å². The van der Waals surface area contributed by atoms with E-state index in [2.05, 4.69) is 11.1 Å². The Bertz CT molecular complexity index is 792. The highest BCUT2D eigenvalue weighted by Crippen LogP contribution is 2.21. The van der Waals surface area contributed by atoms with Crippen LogP contribution in [0.5, 0.6) is 0 Å². The first kappa shape index (κ1) is 14.5. The number of aromatic nitrogens is 2. The molecule has 0 fully saturated rings. The fourth-order valence-corrected chi connectivity index (χ4v) is 2.89. The van der Waals surface area contributed by atoms with Crippen LogP contribution in [-0.4, -0.2) is 26.9 Å². The molecule has 114 valence electrons. The van der Waals surface area contributed by atoms with Gasteiger partial charge in [0.15, 0.2) is 0 Å². The first-order valence-corrected chi connectivity index (χ1v) is 7.64. The Morgan fingerprint density at radius 3 is 2.91 bits per heavy atom. The maximum Gasteiger partial charge on any atom is 0.261 e. The van der Waals surface area contributed by atoms with Crippen molar-refractivity contribution in [2.24, 2.45) is 0 Å². The van der Waals surface area contributed by atoms with Gasteiger partial charge in [0.2, 0.25) is 5.91 Å². The van der Waals surface area contributed by atoms with Crippen molar-refractivity contribution in [3.63, 3.8) is 0 Å². The summed E-state index contributed by atoms with van der Waals surface area (Å²) in [7, 11) is 0. The highest BCUT2D eigenvalue weighted by atomic mass is 16.2. The maximum atomic E-state index is 12.5. The average molecular weight is 297 g/mol. The van der Waals surface area contributed by atoms with Crippen molar-refractivity contribution in [2.75, 3.05) is 6.54 Å². The molecule has 1 aliphatic carbocycles. The van der Waals surface area contributed by atoms with Gasteiger partial charge in [0.1, 0.15) is 6.54 Å². The second-order valence-electron chi connectivity index (χ2n) is 5.42. The summed E-state index contributed by atoms with van der Waals surface area (Å²) in [5.41, 5.74) is 1.56. The van der Waals surface area contributed by atoms with Crippen LogP contribution in [0.4, 0.5) is 0 Å². The molecule has 1 aliphatic rings. The van der Waals surface area contributed by atoms with E-state index in [0.717, 1.165) is 25.0 Å². The summed E-state index contributed by atoms with van der Waals surface area (Å²) < 4.78 is 1.39. The first-order valence-electron chi connectivity index (χ1n) is 7.64. The lowest BCUT2D eigenvalue weighted by molar-refractivity contribution is -0.129. The number of benzene rings is 1. The Morgan fingerprint density at radius 2 is 2.18 bits per heavy atom. The summed E-state index contributed by atoms with van der Waals surface area (Å²) in [5, 5.41) is 0.543. The number of allylic oxidation sites excluding steroid dienone is 2. The number of nitrogens with zero attached hydrogens (tertiary/aromatic N) is 3. The zero-order valence-electron chi connectivity index (χ0n) is 12.7. The smallest absolute Gasteiger partial charge is 0.261 e. The van der Waals surface area contributed by atoms with Crippen LogP contribution in [0.2, 0.25) is 0 Å². The predicted octanol–water partition coefficient (Wildman–Crippen LogP) is 2.31. The Morgan fingerprint density at radius 1 is 1.36 bits per heavy atom. The van der Waals surface area contributed by atoms with Gasteiger partial charge in [-0.3, -0.25) is 14.2 Å². The van der Waals surface area contributed by atoms with Crippen molar-refractivity contribution in [3.05, 3.63) is 52.7 Å². The summed E-state index contributed by atoms with van der Waals surface area (Å²) in [6.45, 7) is 2.61. The number of carbonyl (C=O) groups excluding carboxylic acids is 1. The van der Waals surface area contributed by atoms with Crippen molar-refractivity contribution in [1.29, 1.82) is 0 Å². The monoisotopic (exact) mass is 297 g/mol. The third-order valence-corrected chi connectivity index (χ3v) is 4.02. The fourth-order valence-electron chi connectivity index (χ4n) is 2.89. The van der Waals surface area contributed by atoms with E-state index in [1.807, 2.05) is 13.0 Å². The molecular weight excluding hydrogens is 278 g/mol. The molecule has 5 nitrogen and oxygen atoms in total. The molecule has 0 saturated heterocycles. The molecule has 0 saturated carbocycles. The van der Waals surface area contributed by atoms with E-state index in [9.17, 15) is 9.59 Å². The van der Waals surface area contributed by atoms with Gasteiger partial charge >= 0.3 is 0 Å². The molecule has 3 rings (SSSR count). The SMILES string of the molecule is CCN(C(=O)Cn1cnc2ccccc2c1=O)C1=CCCC1. The van der Waals surface area contributed by atoms with Gasteiger partial charge in [-0.25, -0.2) is 4.98 Å². The summed E-state index contributed by atoms with van der Waals surface area (Å²) in [6.07, 6.45) is 6.62. The third-order valence-electron chi connectivity index (χ3n) is 4.02. The highest BCUT2D eigenvalue weighted by molar-refractivity contribution is 5.80. The van der Waals surface area contributed by atoms with Crippen LogP contribution in [0.15, 0.2) is 47.2 Å². The van der Waals surface area contributed by atoms with Crippen molar-refractivity contribution < 1.29 is 4.79 Å². The van der Waals surface area contributed by atoms with Gasteiger partial charge < -0.3 is 4.90 Å². The van der Waals surface area contributed by atoms with Gasteiger partial charge in [-0.1, -0.05) is 18.2 Å². The molecule has 1 aromatic heterocycles. The van der Waals surface area contributed by atoms with Crippen LogP contribution in [0, 0.1) is 0 Å². The van der Waals surface area contributed by atoms with Crippen LogP contribution >= 0.6 is 0 Å². The van der Waals surface area contributed by atoms with E-state index in [4.69, 9.17) is 0 Å². The van der Waals surface area contributed by atoms with Crippen LogP contribution in [0.25, 0.3) is 10.9 Å². The van der Waals surface area contributed by atoms with Crippen molar-refractivity contribution in [1.82, 2.24) is 14.5 Å². The van der Waals surface area contributed by atoms with Crippen molar-refractivity contribution in [2.45, 2.75) is 32.7 Å². The quantitative estimate of drug-likeness (QED) is 0.870. The largest absolute Gasteiger partial charge is 0.315 e. The molecule has 1 aromatic carbocycles. The Balaban J connectivity index is 1.87. The van der Waals surface area contributed by atoms with Crippen LogP contribution in [-0.2, 0) is 11.3 Å². The molecule has 0 spiro atoms. The summed E-state index contributed by atoms with van der Waals surface area (Å²) in [4.78, 5) is 31.0. The lowest BCUT2D eigenvalue weighted by Crippen LogP contribution is -2.35. The minimum Gasteiger partial charge on any atom is -0.315 e. The molecule has 22 heavy (non-hydrogen) atoms. The van der Waals surface area contributed by atoms with Gasteiger partial charge in [-0.15, -0.1) is 0 Å². The number of para-hydroxylation sites is 1. The Hall–Kier alpha value is -2.43. The number of amides is 1.